The number of benzene rings is 2. The fraction of sp³-hybridized carbons (Fsp3) is 0.333. The number of carbonyl (C=O) groups excluding carboxylic acids is 2. The number of nitrogens with one attached hydrogen (secondary N) is 1. The molecular weight excluding hydrogens is 444 g/mol. The van der Waals surface area contributed by atoms with E-state index in [2.05, 4.69) is 10.3 Å². The summed E-state index contributed by atoms with van der Waals surface area (Å²) < 4.78 is 1.40. The lowest BCUT2D eigenvalue weighted by Gasteiger charge is -2.38. The van der Waals surface area contributed by atoms with Crippen molar-refractivity contribution in [1.82, 2.24) is 14.5 Å². The molecule has 0 bridgehead atoms. The minimum atomic E-state index is -1.09. The van der Waals surface area contributed by atoms with Crippen LogP contribution in [0.15, 0.2) is 71.8 Å². The second kappa shape index (κ2) is 10.7. The van der Waals surface area contributed by atoms with Gasteiger partial charge in [0.15, 0.2) is 0 Å². The number of aromatic nitrogens is 2. The van der Waals surface area contributed by atoms with Crippen molar-refractivity contribution in [3.05, 3.63) is 82.9 Å². The van der Waals surface area contributed by atoms with Gasteiger partial charge < -0.3 is 15.3 Å². The summed E-state index contributed by atoms with van der Waals surface area (Å²) in [5.74, 6) is -0.130. The van der Waals surface area contributed by atoms with Crippen molar-refractivity contribution < 1.29 is 14.7 Å². The van der Waals surface area contributed by atoms with E-state index in [1.807, 2.05) is 36.4 Å². The van der Waals surface area contributed by atoms with Crippen molar-refractivity contribution in [2.75, 3.05) is 18.4 Å². The molecule has 8 nitrogen and oxygen atoms in total. The molecule has 0 spiro atoms. The molecule has 2 heterocycles. The molecule has 1 fully saturated rings. The van der Waals surface area contributed by atoms with Crippen LogP contribution < -0.4 is 10.9 Å². The number of aryl methyl sites for hydroxylation is 1. The van der Waals surface area contributed by atoms with Crippen molar-refractivity contribution in [3.8, 4) is 11.3 Å². The minimum Gasteiger partial charge on any atom is -0.388 e. The number of amides is 2. The van der Waals surface area contributed by atoms with Gasteiger partial charge in [-0.3, -0.25) is 19.0 Å². The number of hydrogen-bond donors (Lipinski definition) is 2. The molecule has 1 saturated heterocycles. The van der Waals surface area contributed by atoms with Gasteiger partial charge in [-0.25, -0.2) is 4.98 Å². The van der Waals surface area contributed by atoms with Crippen LogP contribution >= 0.6 is 0 Å². The average molecular weight is 475 g/mol. The van der Waals surface area contributed by atoms with Crippen LogP contribution in [-0.2, 0) is 22.6 Å². The van der Waals surface area contributed by atoms with Crippen LogP contribution in [0.4, 0.5) is 5.69 Å². The Morgan fingerprint density at radius 1 is 1.06 bits per heavy atom. The number of aliphatic hydroxyl groups is 1. The fourth-order valence-electron chi connectivity index (χ4n) is 4.40. The quantitative estimate of drug-likeness (QED) is 0.548. The Hall–Kier alpha value is -3.78. The van der Waals surface area contributed by atoms with Crippen LogP contribution in [0.2, 0.25) is 0 Å². The van der Waals surface area contributed by atoms with E-state index in [1.165, 1.54) is 23.9 Å². The van der Waals surface area contributed by atoms with Crippen molar-refractivity contribution in [3.63, 3.8) is 0 Å². The van der Waals surface area contributed by atoms with Gasteiger partial charge in [-0.15, -0.1) is 0 Å². The maximum atomic E-state index is 12.8. The van der Waals surface area contributed by atoms with E-state index in [4.69, 9.17) is 0 Å². The molecule has 1 aromatic heterocycles. The standard InChI is InChI=1S/C27H30N4O4/c1-20(32)29-23-10-6-5-9-22(23)24-17-26(34)31(19-28-24)18-27(35)13-15-30(16-14-27)25(33)12-11-21-7-3-2-4-8-21/h2-10,17,19,35H,11-16,18H2,1H3,(H,29,32). The maximum Gasteiger partial charge on any atom is 0.253 e. The highest BCUT2D eigenvalue weighted by Crippen LogP contribution is 2.27. The van der Waals surface area contributed by atoms with Crippen LogP contribution in [-0.4, -0.2) is 50.1 Å². The third kappa shape index (κ3) is 6.22. The first-order valence-corrected chi connectivity index (χ1v) is 11.8. The van der Waals surface area contributed by atoms with Gasteiger partial charge >= 0.3 is 0 Å². The Balaban J connectivity index is 1.37. The summed E-state index contributed by atoms with van der Waals surface area (Å²) >= 11 is 0. The van der Waals surface area contributed by atoms with Gasteiger partial charge in [-0.2, -0.15) is 0 Å². The number of likely N-dealkylation sites (tertiary alicyclic amines) is 1. The number of nitrogens with zero attached hydrogens (tertiary/aromatic N) is 3. The van der Waals surface area contributed by atoms with E-state index in [-0.39, 0.29) is 23.9 Å². The minimum absolute atomic E-state index is 0.0805. The molecule has 1 aliphatic heterocycles. The summed E-state index contributed by atoms with van der Waals surface area (Å²) in [7, 11) is 0. The number of anilines is 1. The van der Waals surface area contributed by atoms with Gasteiger partial charge in [0, 0.05) is 38.1 Å². The Kier molecular flexibility index (Phi) is 7.41. The lowest BCUT2D eigenvalue weighted by Crippen LogP contribution is -2.49. The molecule has 2 aromatic carbocycles. The first-order valence-electron chi connectivity index (χ1n) is 11.8. The van der Waals surface area contributed by atoms with E-state index < -0.39 is 5.60 Å². The van der Waals surface area contributed by atoms with Gasteiger partial charge in [0.1, 0.15) is 0 Å². The van der Waals surface area contributed by atoms with Crippen molar-refractivity contribution >= 4 is 17.5 Å². The molecule has 4 rings (SSSR count). The Morgan fingerprint density at radius 2 is 1.74 bits per heavy atom. The summed E-state index contributed by atoms with van der Waals surface area (Å²) in [6.07, 6.45) is 3.34. The summed E-state index contributed by atoms with van der Waals surface area (Å²) in [6.45, 7) is 2.44. The second-order valence-corrected chi connectivity index (χ2v) is 9.06. The van der Waals surface area contributed by atoms with Crippen molar-refractivity contribution in [1.29, 1.82) is 0 Å². The first-order chi connectivity index (χ1) is 16.8. The van der Waals surface area contributed by atoms with E-state index in [0.29, 0.717) is 55.7 Å². The van der Waals surface area contributed by atoms with Gasteiger partial charge in [-0.1, -0.05) is 48.5 Å². The van der Waals surface area contributed by atoms with E-state index in [0.717, 1.165) is 5.56 Å². The summed E-state index contributed by atoms with van der Waals surface area (Å²) in [5.41, 5.74) is 1.42. The molecule has 0 saturated carbocycles. The first kappa shape index (κ1) is 24.3. The lowest BCUT2D eigenvalue weighted by atomic mass is 9.91. The number of para-hydroxylation sites is 1. The Labute approximate surface area is 204 Å². The third-order valence-corrected chi connectivity index (χ3v) is 6.38. The monoisotopic (exact) mass is 474 g/mol. The lowest BCUT2D eigenvalue weighted by molar-refractivity contribution is -0.135. The molecule has 182 valence electrons. The number of piperidine rings is 1. The predicted molar refractivity (Wildman–Crippen MR) is 134 cm³/mol. The molecule has 0 atom stereocenters. The summed E-state index contributed by atoms with van der Waals surface area (Å²) in [6, 6.07) is 18.5. The van der Waals surface area contributed by atoms with E-state index in [9.17, 15) is 19.5 Å². The normalized spacial score (nSPS) is 15.0. The van der Waals surface area contributed by atoms with Crippen LogP contribution in [0.5, 0.6) is 0 Å². The number of carbonyl (C=O) groups is 2. The molecule has 8 heteroatoms. The van der Waals surface area contributed by atoms with Gasteiger partial charge in [0.2, 0.25) is 11.8 Å². The SMILES string of the molecule is CC(=O)Nc1ccccc1-c1cc(=O)n(CC2(O)CCN(C(=O)CCc3ccccc3)CC2)cn1. The smallest absolute Gasteiger partial charge is 0.253 e. The molecular formula is C27H30N4O4. The topological polar surface area (TPSA) is 105 Å². The molecule has 0 radical (unpaired) electrons. The van der Waals surface area contributed by atoms with Crippen molar-refractivity contribution in [2.24, 2.45) is 0 Å². The molecule has 2 amide bonds. The van der Waals surface area contributed by atoms with Gasteiger partial charge in [0.05, 0.1) is 29.9 Å². The molecule has 0 aliphatic carbocycles. The molecule has 0 unspecified atom stereocenters. The highest BCUT2D eigenvalue weighted by atomic mass is 16.3. The van der Waals surface area contributed by atoms with Crippen molar-refractivity contribution in [2.45, 2.75) is 44.8 Å². The van der Waals surface area contributed by atoms with E-state index in [1.54, 1.807) is 23.1 Å². The second-order valence-electron chi connectivity index (χ2n) is 9.06. The summed E-state index contributed by atoms with van der Waals surface area (Å²) in [4.78, 5) is 43.1. The largest absolute Gasteiger partial charge is 0.388 e. The number of hydrogen-bond acceptors (Lipinski definition) is 5. The molecule has 3 aromatic rings. The van der Waals surface area contributed by atoms with Crippen LogP contribution in [0, 0.1) is 0 Å². The average Bonchev–Trinajstić information content (AvgIpc) is 2.85. The molecule has 1 aliphatic rings. The highest BCUT2D eigenvalue weighted by Gasteiger charge is 2.34. The fourth-order valence-corrected chi connectivity index (χ4v) is 4.40. The zero-order valence-corrected chi connectivity index (χ0v) is 19.8. The van der Waals surface area contributed by atoms with Gasteiger partial charge in [-0.05, 0) is 30.9 Å². The zero-order valence-electron chi connectivity index (χ0n) is 19.8. The highest BCUT2D eigenvalue weighted by molar-refractivity contribution is 5.93. The Bertz CT molecular complexity index is 1250. The maximum absolute atomic E-state index is 12.8. The summed E-state index contributed by atoms with van der Waals surface area (Å²) in [5, 5.41) is 13.9. The number of rotatable bonds is 7. The van der Waals surface area contributed by atoms with Crippen LogP contribution in [0.1, 0.15) is 31.7 Å². The van der Waals surface area contributed by atoms with Crippen LogP contribution in [0.25, 0.3) is 11.3 Å². The predicted octanol–water partition coefficient (Wildman–Crippen LogP) is 2.86. The van der Waals surface area contributed by atoms with Gasteiger partial charge in [0.25, 0.3) is 5.56 Å². The Morgan fingerprint density at radius 3 is 2.43 bits per heavy atom. The zero-order chi connectivity index (χ0) is 24.8. The van der Waals surface area contributed by atoms with E-state index >= 15 is 0 Å². The molecule has 35 heavy (non-hydrogen) atoms. The third-order valence-electron chi connectivity index (χ3n) is 6.38. The van der Waals surface area contributed by atoms with Crippen LogP contribution in [0.3, 0.4) is 0 Å². The molecule has 2 N–H and O–H groups in total.